The third kappa shape index (κ3) is 3.11. The van der Waals surface area contributed by atoms with Gasteiger partial charge in [0, 0.05) is 11.8 Å². The summed E-state index contributed by atoms with van der Waals surface area (Å²) in [6.45, 7) is 3.13. The van der Waals surface area contributed by atoms with E-state index in [0.717, 1.165) is 19.4 Å². The monoisotopic (exact) mass is 191 g/mol. The van der Waals surface area contributed by atoms with Gasteiger partial charge in [-0.05, 0) is 32.7 Å². The van der Waals surface area contributed by atoms with Crippen molar-refractivity contribution in [3.05, 3.63) is 0 Å². The predicted molar refractivity (Wildman–Crippen MR) is 50.0 cm³/mol. The van der Waals surface area contributed by atoms with E-state index in [1.165, 1.54) is 12.7 Å². The Morgan fingerprint density at radius 2 is 2.17 bits per heavy atom. The van der Waals surface area contributed by atoms with Crippen molar-refractivity contribution >= 4 is 9.84 Å². The van der Waals surface area contributed by atoms with Crippen LogP contribution in [0.1, 0.15) is 26.2 Å². The van der Waals surface area contributed by atoms with Crippen LogP contribution in [0, 0.1) is 0 Å². The lowest BCUT2D eigenvalue weighted by atomic mass is 9.97. The average molecular weight is 191 g/mol. The molecule has 1 saturated heterocycles. The van der Waals surface area contributed by atoms with Gasteiger partial charge in [-0.3, -0.25) is 0 Å². The minimum Gasteiger partial charge on any atom is -0.311 e. The maximum absolute atomic E-state index is 10.9. The van der Waals surface area contributed by atoms with Gasteiger partial charge in [-0.15, -0.1) is 0 Å². The van der Waals surface area contributed by atoms with Gasteiger partial charge >= 0.3 is 0 Å². The van der Waals surface area contributed by atoms with Gasteiger partial charge in [0.15, 0.2) is 0 Å². The minimum atomic E-state index is -2.79. The van der Waals surface area contributed by atoms with Crippen molar-refractivity contribution in [1.29, 1.82) is 0 Å². The lowest BCUT2D eigenvalue weighted by Crippen LogP contribution is -2.37. The summed E-state index contributed by atoms with van der Waals surface area (Å²) in [6.07, 6.45) is 4.31. The summed E-state index contributed by atoms with van der Waals surface area (Å²) in [6, 6.07) is 0. The third-order valence-corrected chi connectivity index (χ3v) is 3.43. The molecule has 72 valence electrons. The number of hydrogen-bond acceptors (Lipinski definition) is 3. The number of nitrogens with one attached hydrogen (secondary N) is 1. The van der Waals surface area contributed by atoms with Crippen LogP contribution in [0.15, 0.2) is 0 Å². The highest BCUT2D eigenvalue weighted by molar-refractivity contribution is 7.90. The van der Waals surface area contributed by atoms with Crippen molar-refractivity contribution in [3.63, 3.8) is 0 Å². The van der Waals surface area contributed by atoms with Crippen LogP contribution in [-0.2, 0) is 9.84 Å². The summed E-state index contributed by atoms with van der Waals surface area (Å²) in [5, 5.41) is 3.34. The zero-order chi connectivity index (χ0) is 9.24. The molecule has 0 aromatic carbocycles. The Labute approximate surface area is 74.5 Å². The van der Waals surface area contributed by atoms with Crippen molar-refractivity contribution in [2.45, 2.75) is 31.7 Å². The highest BCUT2D eigenvalue weighted by Crippen LogP contribution is 2.22. The Hall–Kier alpha value is -0.0900. The topological polar surface area (TPSA) is 46.2 Å². The maximum Gasteiger partial charge on any atom is 0.147 e. The van der Waals surface area contributed by atoms with Gasteiger partial charge in [0.25, 0.3) is 0 Å². The number of sulfone groups is 1. The van der Waals surface area contributed by atoms with E-state index < -0.39 is 9.84 Å². The molecule has 0 spiro atoms. The van der Waals surface area contributed by atoms with Crippen LogP contribution >= 0.6 is 0 Å². The van der Waals surface area contributed by atoms with Crippen LogP contribution in [0.2, 0.25) is 0 Å². The van der Waals surface area contributed by atoms with E-state index in [2.05, 4.69) is 12.2 Å². The molecular weight excluding hydrogens is 174 g/mol. The number of rotatable bonds is 3. The van der Waals surface area contributed by atoms with Crippen molar-refractivity contribution in [2.24, 2.45) is 0 Å². The second kappa shape index (κ2) is 3.34. The molecule has 1 heterocycles. The fraction of sp³-hybridized carbons (Fsp3) is 1.00. The standard InChI is InChI=1S/C8H17NO2S/c1-8(4-3-6-9-8)5-7-12(2,10)11/h9H,3-7H2,1-2H3. The van der Waals surface area contributed by atoms with Crippen LogP contribution in [0.4, 0.5) is 0 Å². The summed E-state index contributed by atoms with van der Waals surface area (Å²) >= 11 is 0. The summed E-state index contributed by atoms with van der Waals surface area (Å²) in [7, 11) is -2.79. The maximum atomic E-state index is 10.9. The van der Waals surface area contributed by atoms with Crippen LogP contribution in [-0.4, -0.2) is 32.5 Å². The summed E-state index contributed by atoms with van der Waals surface area (Å²) < 4.78 is 21.8. The molecule has 0 aliphatic carbocycles. The first kappa shape index (κ1) is 9.99. The summed E-state index contributed by atoms with van der Waals surface area (Å²) in [4.78, 5) is 0. The average Bonchev–Trinajstić information content (AvgIpc) is 2.32. The second-order valence-electron chi connectivity index (χ2n) is 3.97. The van der Waals surface area contributed by atoms with Gasteiger partial charge in [0.05, 0.1) is 5.75 Å². The van der Waals surface area contributed by atoms with Crippen LogP contribution in [0.25, 0.3) is 0 Å². The molecule has 1 fully saturated rings. The fourth-order valence-electron chi connectivity index (χ4n) is 1.58. The first-order chi connectivity index (χ1) is 5.41. The van der Waals surface area contributed by atoms with E-state index in [-0.39, 0.29) is 5.54 Å². The SMILES string of the molecule is CC1(CCS(C)(=O)=O)CCCN1. The van der Waals surface area contributed by atoms with Crippen LogP contribution < -0.4 is 5.32 Å². The number of hydrogen-bond donors (Lipinski definition) is 1. The molecule has 1 N–H and O–H groups in total. The largest absolute Gasteiger partial charge is 0.311 e. The van der Waals surface area contributed by atoms with Gasteiger partial charge in [-0.25, -0.2) is 8.42 Å². The molecule has 3 nitrogen and oxygen atoms in total. The molecule has 0 aromatic rings. The van der Waals surface area contributed by atoms with Gasteiger partial charge in [0.2, 0.25) is 0 Å². The first-order valence-corrected chi connectivity index (χ1v) is 6.40. The second-order valence-corrected chi connectivity index (χ2v) is 6.23. The Morgan fingerprint density at radius 1 is 1.50 bits per heavy atom. The molecule has 1 atom stereocenters. The molecule has 4 heteroatoms. The highest BCUT2D eigenvalue weighted by atomic mass is 32.2. The summed E-state index contributed by atoms with van der Waals surface area (Å²) in [5.74, 6) is 0.302. The molecule has 1 aliphatic rings. The van der Waals surface area contributed by atoms with Gasteiger partial charge in [-0.1, -0.05) is 0 Å². The van der Waals surface area contributed by atoms with E-state index in [1.54, 1.807) is 0 Å². The van der Waals surface area contributed by atoms with E-state index in [0.29, 0.717) is 5.75 Å². The molecule has 12 heavy (non-hydrogen) atoms. The van der Waals surface area contributed by atoms with Gasteiger partial charge in [0.1, 0.15) is 9.84 Å². The predicted octanol–water partition coefficient (Wildman–Crippen LogP) is 0.563. The fourth-order valence-corrected chi connectivity index (χ4v) is 2.40. The van der Waals surface area contributed by atoms with E-state index in [4.69, 9.17) is 0 Å². The quantitative estimate of drug-likeness (QED) is 0.709. The Bertz CT molecular complexity index is 240. The Balaban J connectivity index is 2.41. The van der Waals surface area contributed by atoms with Gasteiger partial charge < -0.3 is 5.32 Å². The van der Waals surface area contributed by atoms with Crippen molar-refractivity contribution in [2.75, 3.05) is 18.6 Å². The molecular formula is C8H17NO2S. The zero-order valence-electron chi connectivity index (χ0n) is 7.76. The molecule has 1 aliphatic heterocycles. The van der Waals surface area contributed by atoms with E-state index >= 15 is 0 Å². The molecule has 0 amide bonds. The lowest BCUT2D eigenvalue weighted by Gasteiger charge is -2.23. The van der Waals surface area contributed by atoms with Crippen LogP contribution in [0.5, 0.6) is 0 Å². The minimum absolute atomic E-state index is 0.0725. The first-order valence-electron chi connectivity index (χ1n) is 4.34. The van der Waals surface area contributed by atoms with Crippen molar-refractivity contribution in [1.82, 2.24) is 5.32 Å². The smallest absolute Gasteiger partial charge is 0.147 e. The highest BCUT2D eigenvalue weighted by Gasteiger charge is 2.28. The molecule has 0 bridgehead atoms. The van der Waals surface area contributed by atoms with Crippen LogP contribution in [0.3, 0.4) is 0 Å². The normalized spacial score (nSPS) is 30.8. The van der Waals surface area contributed by atoms with Gasteiger partial charge in [-0.2, -0.15) is 0 Å². The Morgan fingerprint density at radius 3 is 2.58 bits per heavy atom. The third-order valence-electron chi connectivity index (χ3n) is 2.48. The van der Waals surface area contributed by atoms with Crippen molar-refractivity contribution < 1.29 is 8.42 Å². The molecule has 1 rings (SSSR count). The molecule has 0 radical (unpaired) electrons. The summed E-state index contributed by atoms with van der Waals surface area (Å²) in [5.41, 5.74) is 0.0725. The molecule has 0 saturated carbocycles. The molecule has 1 unspecified atom stereocenters. The van der Waals surface area contributed by atoms with Crippen molar-refractivity contribution in [3.8, 4) is 0 Å². The van der Waals surface area contributed by atoms with E-state index in [9.17, 15) is 8.42 Å². The zero-order valence-corrected chi connectivity index (χ0v) is 8.58. The molecule has 0 aromatic heterocycles. The van der Waals surface area contributed by atoms with E-state index in [1.807, 2.05) is 0 Å². The Kier molecular flexibility index (Phi) is 2.78. The lowest BCUT2D eigenvalue weighted by molar-refractivity contribution is 0.401.